The molecule has 0 atom stereocenters. The number of carboxylic acids is 1. The fourth-order valence-corrected chi connectivity index (χ4v) is 4.25. The minimum absolute atomic E-state index is 0.0620. The monoisotopic (exact) mass is 726 g/mol. The molecule has 0 rings (SSSR count). The fourth-order valence-electron chi connectivity index (χ4n) is 4.25. The van der Waals surface area contributed by atoms with Gasteiger partial charge in [0.15, 0.2) is 0 Å². The van der Waals surface area contributed by atoms with Crippen LogP contribution in [0.15, 0.2) is 0 Å². The van der Waals surface area contributed by atoms with E-state index < -0.39 is 5.97 Å². The first-order valence-electron chi connectivity index (χ1n) is 18.8. The zero-order valence-corrected chi connectivity index (χ0v) is 31.1. The Morgan fingerprint density at radius 1 is 0.340 bits per heavy atom. The van der Waals surface area contributed by atoms with E-state index in [-0.39, 0.29) is 32.0 Å². The maximum atomic E-state index is 11.5. The highest BCUT2D eigenvalue weighted by atomic mass is 16.6. The molecule has 0 aromatic rings. The van der Waals surface area contributed by atoms with Crippen molar-refractivity contribution >= 4 is 11.9 Å². The molecule has 298 valence electrons. The van der Waals surface area contributed by atoms with E-state index in [0.717, 1.165) is 13.0 Å². The Hall–Kier alpha value is -1.46. The summed E-state index contributed by atoms with van der Waals surface area (Å²) in [6.07, 6.45) is 11.7. The lowest BCUT2D eigenvalue weighted by atomic mass is 10.1. The van der Waals surface area contributed by atoms with Crippen molar-refractivity contribution in [3.8, 4) is 0 Å². The van der Waals surface area contributed by atoms with Crippen molar-refractivity contribution in [2.75, 3.05) is 139 Å². The molecule has 14 nitrogen and oxygen atoms in total. The number of carbonyl (C=O) groups excluding carboxylic acids is 1. The highest BCUT2D eigenvalue weighted by Gasteiger charge is 2.04. The van der Waals surface area contributed by atoms with E-state index in [2.05, 4.69) is 6.92 Å². The number of carbonyl (C=O) groups is 2. The molecule has 0 saturated carbocycles. The van der Waals surface area contributed by atoms with Crippen molar-refractivity contribution in [1.29, 1.82) is 0 Å². The molecule has 0 bridgehead atoms. The molecule has 0 aromatic carbocycles. The zero-order valence-electron chi connectivity index (χ0n) is 31.1. The van der Waals surface area contributed by atoms with Gasteiger partial charge in [0.2, 0.25) is 0 Å². The molecule has 0 aliphatic rings. The van der Waals surface area contributed by atoms with Crippen molar-refractivity contribution < 1.29 is 66.8 Å². The van der Waals surface area contributed by atoms with Crippen molar-refractivity contribution in [2.24, 2.45) is 0 Å². The van der Waals surface area contributed by atoms with E-state index in [1.807, 2.05) is 0 Å². The third-order valence-corrected chi connectivity index (χ3v) is 7.00. The van der Waals surface area contributed by atoms with Crippen LogP contribution in [-0.2, 0) is 61.7 Å². The molecule has 0 heterocycles. The molecular weight excluding hydrogens is 656 g/mol. The molecule has 0 aromatic heterocycles. The first kappa shape index (κ1) is 48.5. The normalized spacial score (nSPS) is 11.4. The predicted molar refractivity (Wildman–Crippen MR) is 188 cm³/mol. The quantitative estimate of drug-likeness (QED) is 0.0693. The zero-order chi connectivity index (χ0) is 36.3. The van der Waals surface area contributed by atoms with E-state index in [1.165, 1.54) is 44.9 Å². The van der Waals surface area contributed by atoms with Crippen LogP contribution < -0.4 is 0 Å². The summed E-state index contributed by atoms with van der Waals surface area (Å²) < 4.78 is 59.8. The maximum Gasteiger partial charge on any atom is 0.305 e. The fraction of sp³-hybridized carbons (Fsp3) is 0.944. The molecule has 50 heavy (non-hydrogen) atoms. The van der Waals surface area contributed by atoms with Gasteiger partial charge in [-0.1, -0.05) is 51.9 Å². The van der Waals surface area contributed by atoms with Gasteiger partial charge >= 0.3 is 11.9 Å². The van der Waals surface area contributed by atoms with E-state index in [4.69, 9.17) is 57.2 Å². The Balaban J connectivity index is 3.09. The lowest BCUT2D eigenvalue weighted by Crippen LogP contribution is -2.15. The van der Waals surface area contributed by atoms with E-state index >= 15 is 0 Å². The molecule has 0 aliphatic carbocycles. The molecule has 0 fully saturated rings. The van der Waals surface area contributed by atoms with Crippen LogP contribution in [0.2, 0.25) is 0 Å². The number of esters is 1. The third kappa shape index (κ3) is 44.6. The van der Waals surface area contributed by atoms with Crippen LogP contribution in [-0.4, -0.2) is 156 Å². The lowest BCUT2D eigenvalue weighted by molar-refractivity contribution is -0.146. The van der Waals surface area contributed by atoms with E-state index in [9.17, 15) is 9.59 Å². The van der Waals surface area contributed by atoms with Crippen molar-refractivity contribution in [3.63, 3.8) is 0 Å². The van der Waals surface area contributed by atoms with Gasteiger partial charge in [-0.05, 0) is 19.3 Å². The van der Waals surface area contributed by atoms with Crippen LogP contribution in [0, 0.1) is 0 Å². The Kier molecular flexibility index (Phi) is 42.4. The number of hydrogen-bond acceptors (Lipinski definition) is 13. The van der Waals surface area contributed by atoms with Gasteiger partial charge in [-0.15, -0.1) is 0 Å². The average Bonchev–Trinajstić information content (AvgIpc) is 3.11. The Morgan fingerprint density at radius 2 is 0.620 bits per heavy atom. The van der Waals surface area contributed by atoms with Crippen LogP contribution in [0.5, 0.6) is 0 Å². The molecule has 0 aliphatic heterocycles. The SMILES string of the molecule is CCCCCCCCCCOCCOCCOCCOCCOCCOCCOCCOCCOCCOCCOC(=O)CCCCC(=O)O. The van der Waals surface area contributed by atoms with Gasteiger partial charge in [0.25, 0.3) is 0 Å². The van der Waals surface area contributed by atoms with Crippen molar-refractivity contribution in [1.82, 2.24) is 0 Å². The Morgan fingerprint density at radius 3 is 0.960 bits per heavy atom. The molecule has 14 heteroatoms. The molecular formula is C36H70O14. The van der Waals surface area contributed by atoms with Gasteiger partial charge in [0.1, 0.15) is 6.61 Å². The minimum atomic E-state index is -0.861. The van der Waals surface area contributed by atoms with Crippen molar-refractivity contribution in [3.05, 3.63) is 0 Å². The van der Waals surface area contributed by atoms with Crippen LogP contribution in [0.25, 0.3) is 0 Å². The summed E-state index contributed by atoms with van der Waals surface area (Å²) in [4.78, 5) is 21.9. The lowest BCUT2D eigenvalue weighted by Gasteiger charge is -2.09. The van der Waals surface area contributed by atoms with Gasteiger partial charge in [0, 0.05) is 19.4 Å². The number of aliphatic carboxylic acids is 1. The van der Waals surface area contributed by atoms with Crippen LogP contribution >= 0.6 is 0 Å². The molecule has 0 radical (unpaired) electrons. The van der Waals surface area contributed by atoms with E-state index in [0.29, 0.717) is 132 Å². The van der Waals surface area contributed by atoms with Gasteiger partial charge in [0.05, 0.1) is 126 Å². The smallest absolute Gasteiger partial charge is 0.305 e. The van der Waals surface area contributed by atoms with Gasteiger partial charge in [-0.3, -0.25) is 9.59 Å². The molecule has 0 saturated heterocycles. The second-order valence-electron chi connectivity index (χ2n) is 11.4. The second kappa shape index (κ2) is 43.7. The minimum Gasteiger partial charge on any atom is -0.481 e. The van der Waals surface area contributed by atoms with Gasteiger partial charge < -0.3 is 57.2 Å². The Labute approximate surface area is 301 Å². The molecule has 1 N–H and O–H groups in total. The summed E-state index contributed by atoms with van der Waals surface area (Å²) in [5, 5.41) is 8.55. The summed E-state index contributed by atoms with van der Waals surface area (Å²) >= 11 is 0. The first-order valence-corrected chi connectivity index (χ1v) is 18.8. The number of hydrogen-bond donors (Lipinski definition) is 1. The third-order valence-electron chi connectivity index (χ3n) is 7.00. The summed E-state index contributed by atoms with van der Waals surface area (Å²) in [6, 6.07) is 0. The highest BCUT2D eigenvalue weighted by Crippen LogP contribution is 2.08. The summed E-state index contributed by atoms with van der Waals surface area (Å²) in [6.45, 7) is 12.6. The maximum absolute atomic E-state index is 11.5. The second-order valence-corrected chi connectivity index (χ2v) is 11.4. The summed E-state index contributed by atoms with van der Waals surface area (Å²) in [5.41, 5.74) is 0. The number of rotatable bonds is 44. The average molecular weight is 727 g/mol. The van der Waals surface area contributed by atoms with Gasteiger partial charge in [-0.2, -0.15) is 0 Å². The predicted octanol–water partition coefficient (Wildman–Crippen LogP) is 4.48. The summed E-state index contributed by atoms with van der Waals surface area (Å²) in [5.74, 6) is -1.21. The van der Waals surface area contributed by atoms with Gasteiger partial charge in [-0.25, -0.2) is 0 Å². The number of ether oxygens (including phenoxy) is 11. The molecule has 0 spiro atoms. The van der Waals surface area contributed by atoms with E-state index in [1.54, 1.807) is 0 Å². The molecule has 0 amide bonds. The number of carboxylic acid groups (broad SMARTS) is 1. The Bertz CT molecular complexity index is 685. The molecule has 0 unspecified atom stereocenters. The van der Waals surface area contributed by atoms with Crippen LogP contribution in [0.1, 0.15) is 84.0 Å². The van der Waals surface area contributed by atoms with Crippen molar-refractivity contribution in [2.45, 2.75) is 84.0 Å². The topological polar surface area (TPSA) is 156 Å². The number of unbranched alkanes of at least 4 members (excludes halogenated alkanes) is 8. The van der Waals surface area contributed by atoms with Crippen LogP contribution in [0.3, 0.4) is 0 Å². The first-order chi connectivity index (χ1) is 24.7. The largest absolute Gasteiger partial charge is 0.481 e. The standard InChI is InChI=1S/C36H70O14/c1-2-3-4-5-6-7-8-11-14-40-15-16-41-17-18-42-19-20-43-21-22-44-23-24-45-25-26-46-27-28-47-29-30-48-31-32-49-33-34-50-36(39)13-10-9-12-35(37)38/h2-34H2,1H3,(H,37,38). The summed E-state index contributed by atoms with van der Waals surface area (Å²) in [7, 11) is 0. The highest BCUT2D eigenvalue weighted by molar-refractivity contribution is 5.69. The van der Waals surface area contributed by atoms with Crippen LogP contribution in [0.4, 0.5) is 0 Å².